The Bertz CT molecular complexity index is 1010. The van der Waals surface area contributed by atoms with Gasteiger partial charge in [0, 0.05) is 6.92 Å². The summed E-state index contributed by atoms with van der Waals surface area (Å²) < 4.78 is 39.3. The van der Waals surface area contributed by atoms with Crippen LogP contribution in [0.5, 0.6) is 0 Å². The number of aliphatic hydroxyl groups excluding tert-OH is 12. The smallest absolute Gasteiger partial charge is 0.217 e. The first-order chi connectivity index (χ1) is 22.1. The van der Waals surface area contributed by atoms with Gasteiger partial charge in [-0.05, 0) is 6.92 Å². The van der Waals surface area contributed by atoms with Crippen LogP contribution in [0, 0.1) is 0 Å². The van der Waals surface area contributed by atoms with Gasteiger partial charge in [-0.1, -0.05) is 0 Å². The molecule has 4 heterocycles. The number of rotatable bonds is 10. The van der Waals surface area contributed by atoms with Crippen LogP contribution in [0.1, 0.15) is 13.8 Å². The number of aliphatic hydroxyl groups is 12. The number of ether oxygens (including phenoxy) is 7. The van der Waals surface area contributed by atoms with Crippen LogP contribution >= 0.6 is 0 Å². The summed E-state index contributed by atoms with van der Waals surface area (Å²) in [6.07, 6.45) is -32.5. The van der Waals surface area contributed by atoms with Crippen molar-refractivity contribution in [2.75, 3.05) is 19.8 Å². The molecule has 4 fully saturated rings. The van der Waals surface area contributed by atoms with Crippen LogP contribution in [0.15, 0.2) is 0 Å². The molecule has 274 valence electrons. The summed E-state index contributed by atoms with van der Waals surface area (Å²) in [6.45, 7) is -0.130. The van der Waals surface area contributed by atoms with E-state index in [1.165, 1.54) is 6.92 Å². The molecule has 4 saturated heterocycles. The standard InChI is InChI=1S/C26H45NO20/c1-6-12(32)15(35)17(37)25(41-6)46-21-11(27-7(2)31)24(43-9(4-29)14(21)34)47-22-19(39)23(40)42-10(5-30)20(22)45-26-18(38)16(36)13(33)8(3-28)44-26/h6,8-26,28-30,32-40H,3-5H2,1-2H3,(H,27,31)/t6-,8+,9+,10+,11+,12-,13+,14+,15+,16-,17+,18-,19+,20-,21+,22+,23-,24-,25-,26-/m0/s1. The average molecular weight is 692 g/mol. The average Bonchev–Trinajstić information content (AvgIpc) is 3.04. The largest absolute Gasteiger partial charge is 0.394 e. The normalized spacial score (nSPS) is 51.0. The Morgan fingerprint density at radius 3 is 1.62 bits per heavy atom. The second-order valence-electron chi connectivity index (χ2n) is 11.9. The van der Waals surface area contributed by atoms with Crippen molar-refractivity contribution >= 4 is 5.91 Å². The van der Waals surface area contributed by atoms with Gasteiger partial charge in [0.1, 0.15) is 91.5 Å². The second kappa shape index (κ2) is 16.2. The zero-order valence-corrected chi connectivity index (χ0v) is 25.3. The van der Waals surface area contributed by atoms with Crippen molar-refractivity contribution in [2.45, 2.75) is 137 Å². The van der Waals surface area contributed by atoms with Crippen molar-refractivity contribution < 1.29 is 99.2 Å². The minimum Gasteiger partial charge on any atom is -0.394 e. The lowest BCUT2D eigenvalue weighted by Crippen LogP contribution is -2.70. The highest BCUT2D eigenvalue weighted by molar-refractivity contribution is 5.73. The summed E-state index contributed by atoms with van der Waals surface area (Å²) in [5.74, 6) is -0.737. The molecule has 4 rings (SSSR count). The van der Waals surface area contributed by atoms with E-state index in [-0.39, 0.29) is 0 Å². The van der Waals surface area contributed by atoms with Crippen molar-refractivity contribution in [3.8, 4) is 0 Å². The fourth-order valence-electron chi connectivity index (χ4n) is 5.88. The molecule has 20 atom stereocenters. The van der Waals surface area contributed by atoms with Crippen molar-refractivity contribution in [1.29, 1.82) is 0 Å². The Kier molecular flexibility index (Phi) is 13.2. The number of amides is 1. The third-order valence-corrected chi connectivity index (χ3v) is 8.57. The summed E-state index contributed by atoms with van der Waals surface area (Å²) in [4.78, 5) is 12.3. The molecule has 0 aromatic rings. The fraction of sp³-hybridized carbons (Fsp3) is 0.962. The van der Waals surface area contributed by atoms with E-state index in [0.717, 1.165) is 6.92 Å². The molecule has 21 nitrogen and oxygen atoms in total. The molecule has 0 bridgehead atoms. The van der Waals surface area contributed by atoms with Crippen LogP contribution in [0.3, 0.4) is 0 Å². The minimum atomic E-state index is -2.03. The van der Waals surface area contributed by atoms with Crippen molar-refractivity contribution in [3.63, 3.8) is 0 Å². The maximum Gasteiger partial charge on any atom is 0.217 e. The molecule has 13 N–H and O–H groups in total. The Morgan fingerprint density at radius 2 is 1.04 bits per heavy atom. The third-order valence-electron chi connectivity index (χ3n) is 8.57. The summed E-state index contributed by atoms with van der Waals surface area (Å²) in [5.41, 5.74) is 0. The Morgan fingerprint density at radius 1 is 0.553 bits per heavy atom. The van der Waals surface area contributed by atoms with Gasteiger partial charge in [0.2, 0.25) is 5.91 Å². The molecule has 4 aliphatic heterocycles. The van der Waals surface area contributed by atoms with E-state index in [4.69, 9.17) is 33.2 Å². The molecular formula is C26H45NO20. The van der Waals surface area contributed by atoms with Crippen molar-refractivity contribution in [2.24, 2.45) is 0 Å². The fourth-order valence-corrected chi connectivity index (χ4v) is 5.88. The lowest BCUT2D eigenvalue weighted by molar-refractivity contribution is -0.383. The molecule has 47 heavy (non-hydrogen) atoms. The zero-order valence-electron chi connectivity index (χ0n) is 25.3. The van der Waals surface area contributed by atoms with Gasteiger partial charge in [-0.15, -0.1) is 0 Å². The van der Waals surface area contributed by atoms with Crippen molar-refractivity contribution in [1.82, 2.24) is 5.32 Å². The first kappa shape index (κ1) is 38.5. The van der Waals surface area contributed by atoms with Gasteiger partial charge >= 0.3 is 0 Å². The predicted octanol–water partition coefficient (Wildman–Crippen LogP) is -8.58. The van der Waals surface area contributed by atoms with E-state index in [9.17, 15) is 66.1 Å². The van der Waals surface area contributed by atoms with Crippen LogP contribution in [-0.2, 0) is 38.0 Å². The maximum absolute atomic E-state index is 12.3. The third kappa shape index (κ3) is 8.04. The number of hydrogen-bond acceptors (Lipinski definition) is 20. The minimum absolute atomic E-state index is 0.737. The maximum atomic E-state index is 12.3. The van der Waals surface area contributed by atoms with E-state index < -0.39 is 148 Å². The van der Waals surface area contributed by atoms with Crippen molar-refractivity contribution in [3.05, 3.63) is 0 Å². The molecule has 4 aliphatic rings. The predicted molar refractivity (Wildman–Crippen MR) is 144 cm³/mol. The van der Waals surface area contributed by atoms with Crippen LogP contribution < -0.4 is 5.32 Å². The highest BCUT2D eigenvalue weighted by Gasteiger charge is 2.56. The Hall–Kier alpha value is -1.29. The molecule has 0 saturated carbocycles. The summed E-state index contributed by atoms with van der Waals surface area (Å²) >= 11 is 0. The van der Waals surface area contributed by atoms with Crippen LogP contribution in [0.4, 0.5) is 0 Å². The molecule has 1 amide bonds. The lowest BCUT2D eigenvalue weighted by atomic mass is 9.94. The summed E-state index contributed by atoms with van der Waals surface area (Å²) in [6, 6.07) is -1.56. The number of hydrogen-bond donors (Lipinski definition) is 13. The first-order valence-corrected chi connectivity index (χ1v) is 15.0. The van der Waals surface area contributed by atoms with Gasteiger partial charge in [0.15, 0.2) is 25.2 Å². The lowest BCUT2D eigenvalue weighted by Gasteiger charge is -2.50. The molecule has 0 aromatic carbocycles. The summed E-state index contributed by atoms with van der Waals surface area (Å²) in [7, 11) is 0. The van der Waals surface area contributed by atoms with E-state index in [1.807, 2.05) is 0 Å². The quantitative estimate of drug-likeness (QED) is 0.101. The molecular weight excluding hydrogens is 646 g/mol. The van der Waals surface area contributed by atoms with E-state index in [1.54, 1.807) is 0 Å². The molecule has 0 spiro atoms. The van der Waals surface area contributed by atoms with Gasteiger partial charge in [-0.25, -0.2) is 0 Å². The number of carbonyl (C=O) groups excluding carboxylic acids is 1. The number of carbonyl (C=O) groups is 1. The van der Waals surface area contributed by atoms with Crippen LogP contribution in [0.2, 0.25) is 0 Å². The molecule has 0 aromatic heterocycles. The topological polar surface area (TPSA) is 336 Å². The molecule has 21 heteroatoms. The Labute approximate surface area is 267 Å². The van der Waals surface area contributed by atoms with Crippen LogP contribution in [0.25, 0.3) is 0 Å². The Balaban J connectivity index is 1.65. The van der Waals surface area contributed by atoms with Gasteiger partial charge in [-0.2, -0.15) is 0 Å². The van der Waals surface area contributed by atoms with Gasteiger partial charge in [0.05, 0.1) is 25.9 Å². The zero-order chi connectivity index (χ0) is 34.9. The van der Waals surface area contributed by atoms with Gasteiger partial charge < -0.3 is 99.8 Å². The molecule has 0 radical (unpaired) electrons. The van der Waals surface area contributed by atoms with Gasteiger partial charge in [0.25, 0.3) is 0 Å². The van der Waals surface area contributed by atoms with Gasteiger partial charge in [-0.3, -0.25) is 4.79 Å². The molecule has 0 unspecified atom stereocenters. The highest BCUT2D eigenvalue weighted by Crippen LogP contribution is 2.34. The molecule has 0 aliphatic carbocycles. The SMILES string of the molecule is CC(=O)N[C@H]1[C@H](O[C@@H]2[C@@H](O)[C@@H](O)O[C@H](CO)[C@@H]2O[C@@H]2O[C@H](CO)[C@@H](O)[C@H](O)[C@@H]2O)O[C@H](CO)[C@@H](O)[C@@H]1O[C@@H]1O[C@@H](C)[C@H](O)[C@@H](O)[C@H]1O. The monoisotopic (exact) mass is 691 g/mol. The van der Waals surface area contributed by atoms with Crippen LogP contribution in [-0.4, -0.2) is 210 Å². The first-order valence-electron chi connectivity index (χ1n) is 15.0. The summed E-state index contributed by atoms with van der Waals surface area (Å²) in [5, 5.41) is 126. The second-order valence-corrected chi connectivity index (χ2v) is 11.9. The number of nitrogens with one attached hydrogen (secondary N) is 1. The highest BCUT2D eigenvalue weighted by atomic mass is 16.8. The van der Waals surface area contributed by atoms with E-state index in [0.29, 0.717) is 0 Å². The van der Waals surface area contributed by atoms with E-state index >= 15 is 0 Å². The van der Waals surface area contributed by atoms with E-state index in [2.05, 4.69) is 5.32 Å².